The lowest BCUT2D eigenvalue weighted by Gasteiger charge is -2.20. The van der Waals surface area contributed by atoms with Crippen molar-refractivity contribution in [2.24, 2.45) is 4.99 Å². The monoisotopic (exact) mass is 223 g/mol. The van der Waals surface area contributed by atoms with Crippen LogP contribution in [0.25, 0.3) is 0 Å². The van der Waals surface area contributed by atoms with Crippen LogP contribution in [0.2, 0.25) is 0 Å². The van der Waals surface area contributed by atoms with E-state index in [-0.39, 0.29) is 0 Å². The van der Waals surface area contributed by atoms with Crippen LogP contribution in [-0.2, 0) is 6.42 Å². The van der Waals surface area contributed by atoms with Gasteiger partial charge in [0.25, 0.3) is 0 Å². The molecule has 0 atom stereocenters. The highest BCUT2D eigenvalue weighted by molar-refractivity contribution is 5.81. The van der Waals surface area contributed by atoms with Crippen LogP contribution in [-0.4, -0.2) is 12.9 Å². The molecular weight excluding hydrogens is 210 g/mol. The fraction of sp³-hybridized carbons (Fsp3) is 0.143. The first-order valence-electron chi connectivity index (χ1n) is 5.44. The van der Waals surface area contributed by atoms with Crippen LogP contribution in [0.3, 0.4) is 0 Å². The van der Waals surface area contributed by atoms with Crippen molar-refractivity contribution in [3.8, 4) is 6.07 Å². The van der Waals surface area contributed by atoms with Crippen LogP contribution >= 0.6 is 0 Å². The fourth-order valence-electron chi connectivity index (χ4n) is 1.65. The van der Waals surface area contributed by atoms with E-state index in [2.05, 4.69) is 35.8 Å². The quantitative estimate of drug-likeness (QED) is 0.739. The molecule has 3 heteroatoms. The van der Waals surface area contributed by atoms with Gasteiger partial charge in [-0.25, -0.2) is 4.99 Å². The second-order valence-corrected chi connectivity index (χ2v) is 3.76. The number of hydrogen-bond donors (Lipinski definition) is 0. The van der Waals surface area contributed by atoms with E-state index in [1.54, 1.807) is 6.34 Å². The lowest BCUT2D eigenvalue weighted by atomic mass is 10.1. The first-order valence-corrected chi connectivity index (χ1v) is 5.44. The Morgan fingerprint density at radius 1 is 1.41 bits per heavy atom. The molecule has 0 N–H and O–H groups in total. The van der Waals surface area contributed by atoms with Crippen molar-refractivity contribution in [3.63, 3.8) is 0 Å². The summed E-state index contributed by atoms with van der Waals surface area (Å²) in [5.74, 6) is 0. The predicted octanol–water partition coefficient (Wildman–Crippen LogP) is 2.67. The van der Waals surface area contributed by atoms with Gasteiger partial charge >= 0.3 is 0 Å². The Balaban J connectivity index is 2.10. The summed E-state index contributed by atoms with van der Waals surface area (Å²) in [5, 5.41) is 8.68. The fourth-order valence-corrected chi connectivity index (χ4v) is 1.65. The summed E-state index contributed by atoms with van der Waals surface area (Å²) in [4.78, 5) is 6.05. The minimum absolute atomic E-state index is 0.476. The van der Waals surface area contributed by atoms with Gasteiger partial charge in [0.2, 0.25) is 0 Å². The molecule has 0 bridgehead atoms. The van der Waals surface area contributed by atoms with Gasteiger partial charge in [-0.15, -0.1) is 6.58 Å². The minimum atomic E-state index is 0.476. The molecule has 0 fully saturated rings. The Morgan fingerprint density at radius 3 is 2.71 bits per heavy atom. The van der Waals surface area contributed by atoms with Crippen LogP contribution in [0.4, 0.5) is 5.69 Å². The maximum absolute atomic E-state index is 8.68. The predicted molar refractivity (Wildman–Crippen MR) is 69.9 cm³/mol. The van der Waals surface area contributed by atoms with E-state index in [0.29, 0.717) is 12.2 Å². The van der Waals surface area contributed by atoms with Gasteiger partial charge in [-0.2, -0.15) is 5.26 Å². The van der Waals surface area contributed by atoms with Gasteiger partial charge < -0.3 is 4.90 Å². The number of nitriles is 1. The highest BCUT2D eigenvalue weighted by atomic mass is 15.2. The number of anilines is 1. The highest BCUT2D eigenvalue weighted by Crippen LogP contribution is 2.17. The molecule has 1 aromatic rings. The molecular formula is C14H13N3. The second kappa shape index (κ2) is 5.13. The summed E-state index contributed by atoms with van der Waals surface area (Å²) in [6.45, 7) is 4.40. The van der Waals surface area contributed by atoms with Gasteiger partial charge in [-0.1, -0.05) is 18.2 Å². The highest BCUT2D eigenvalue weighted by Gasteiger charge is 2.07. The first kappa shape index (κ1) is 11.2. The summed E-state index contributed by atoms with van der Waals surface area (Å²) >= 11 is 0. The molecule has 0 aliphatic carbocycles. The zero-order valence-electron chi connectivity index (χ0n) is 9.50. The first-order chi connectivity index (χ1) is 8.33. The summed E-state index contributed by atoms with van der Waals surface area (Å²) < 4.78 is 0. The molecule has 0 saturated heterocycles. The summed E-state index contributed by atoms with van der Waals surface area (Å²) in [7, 11) is 0. The van der Waals surface area contributed by atoms with Gasteiger partial charge in [0.1, 0.15) is 11.8 Å². The molecule has 0 spiro atoms. The third-order valence-corrected chi connectivity index (χ3v) is 2.58. The van der Waals surface area contributed by atoms with Crippen LogP contribution in [0, 0.1) is 11.3 Å². The SMILES string of the molecule is C=CCc1ccc(N2C=NC(C#N)=CC2)cc1. The molecule has 1 aliphatic heterocycles. The average molecular weight is 223 g/mol. The Hall–Kier alpha value is -2.34. The van der Waals surface area contributed by atoms with E-state index in [4.69, 9.17) is 5.26 Å². The number of allylic oxidation sites excluding steroid dienone is 2. The van der Waals surface area contributed by atoms with Gasteiger partial charge in [-0.3, -0.25) is 0 Å². The van der Waals surface area contributed by atoms with Crippen LogP contribution in [0.1, 0.15) is 5.56 Å². The largest absolute Gasteiger partial charge is 0.328 e. The second-order valence-electron chi connectivity index (χ2n) is 3.76. The molecule has 0 saturated carbocycles. The molecule has 1 heterocycles. The van der Waals surface area contributed by atoms with Crippen LogP contribution in [0.15, 0.2) is 53.7 Å². The van der Waals surface area contributed by atoms with Crippen molar-refractivity contribution in [2.75, 3.05) is 11.4 Å². The van der Waals surface area contributed by atoms with E-state index in [0.717, 1.165) is 12.1 Å². The summed E-state index contributed by atoms with van der Waals surface area (Å²) in [6.07, 6.45) is 6.28. The van der Waals surface area contributed by atoms with E-state index >= 15 is 0 Å². The average Bonchev–Trinajstić information content (AvgIpc) is 2.40. The van der Waals surface area contributed by atoms with E-state index < -0.39 is 0 Å². The Labute approximate surface area is 101 Å². The maximum atomic E-state index is 8.68. The molecule has 2 rings (SSSR count). The van der Waals surface area contributed by atoms with Gasteiger partial charge in [-0.05, 0) is 30.2 Å². The van der Waals surface area contributed by atoms with Crippen molar-refractivity contribution < 1.29 is 0 Å². The number of hydrogen-bond acceptors (Lipinski definition) is 3. The molecule has 84 valence electrons. The lowest BCUT2D eigenvalue weighted by Crippen LogP contribution is -2.23. The van der Waals surface area contributed by atoms with Crippen molar-refractivity contribution in [3.05, 3.63) is 54.3 Å². The maximum Gasteiger partial charge on any atom is 0.140 e. The van der Waals surface area contributed by atoms with E-state index in [9.17, 15) is 0 Å². The third kappa shape index (κ3) is 2.61. The molecule has 0 unspecified atom stereocenters. The standard InChI is InChI=1S/C14H13N3/c1-2-3-12-4-6-14(7-5-12)17-9-8-13(10-15)16-11-17/h2,4-8,11H,1,3,9H2. The number of benzene rings is 1. The van der Waals surface area contributed by atoms with Crippen LogP contribution < -0.4 is 4.90 Å². The molecule has 1 aliphatic rings. The molecule has 0 radical (unpaired) electrons. The van der Waals surface area contributed by atoms with Gasteiger partial charge in [0.15, 0.2) is 0 Å². The lowest BCUT2D eigenvalue weighted by molar-refractivity contribution is 1.10. The Morgan fingerprint density at radius 2 is 2.18 bits per heavy atom. The summed E-state index contributed by atoms with van der Waals surface area (Å²) in [5.41, 5.74) is 2.80. The molecule has 1 aromatic carbocycles. The topological polar surface area (TPSA) is 39.4 Å². The van der Waals surface area contributed by atoms with Gasteiger partial charge in [0, 0.05) is 12.2 Å². The zero-order valence-corrected chi connectivity index (χ0v) is 9.50. The van der Waals surface area contributed by atoms with Crippen molar-refractivity contribution in [1.82, 2.24) is 0 Å². The molecule has 3 nitrogen and oxygen atoms in total. The molecule has 0 aromatic heterocycles. The van der Waals surface area contributed by atoms with Crippen LogP contribution in [0.5, 0.6) is 0 Å². The minimum Gasteiger partial charge on any atom is -0.328 e. The summed E-state index contributed by atoms with van der Waals surface area (Å²) in [6, 6.07) is 10.3. The molecule has 0 amide bonds. The van der Waals surface area contributed by atoms with Crippen molar-refractivity contribution in [2.45, 2.75) is 6.42 Å². The van der Waals surface area contributed by atoms with Crippen molar-refractivity contribution in [1.29, 1.82) is 5.26 Å². The van der Waals surface area contributed by atoms with E-state index in [1.165, 1.54) is 5.56 Å². The number of rotatable bonds is 3. The number of aliphatic imine (C=N–C) groups is 1. The molecule has 17 heavy (non-hydrogen) atoms. The Kier molecular flexibility index (Phi) is 3.37. The zero-order chi connectivity index (χ0) is 12.1. The normalized spacial score (nSPS) is 14.1. The Bertz CT molecular complexity index is 503. The number of nitrogens with zero attached hydrogens (tertiary/aromatic N) is 3. The van der Waals surface area contributed by atoms with Crippen molar-refractivity contribution >= 4 is 12.0 Å². The third-order valence-electron chi connectivity index (χ3n) is 2.58. The smallest absolute Gasteiger partial charge is 0.140 e. The van der Waals surface area contributed by atoms with E-state index in [1.807, 2.05) is 23.1 Å². The van der Waals surface area contributed by atoms with Gasteiger partial charge in [0.05, 0.1) is 6.34 Å².